The van der Waals surface area contributed by atoms with Crippen molar-refractivity contribution < 1.29 is 9.46 Å². The van der Waals surface area contributed by atoms with Crippen LogP contribution >= 0.6 is 7.37 Å². The summed E-state index contributed by atoms with van der Waals surface area (Å²) < 4.78 is 12.4. The summed E-state index contributed by atoms with van der Waals surface area (Å²) in [5.74, 6) is 0. The van der Waals surface area contributed by atoms with Gasteiger partial charge in [0.1, 0.15) is 0 Å². The van der Waals surface area contributed by atoms with Crippen molar-refractivity contribution in [2.24, 2.45) is 0 Å². The van der Waals surface area contributed by atoms with Crippen LogP contribution in [0.2, 0.25) is 0 Å². The lowest BCUT2D eigenvalue weighted by Crippen LogP contribution is -1.96. The van der Waals surface area contributed by atoms with Crippen LogP contribution in [0.5, 0.6) is 0 Å². The van der Waals surface area contributed by atoms with Gasteiger partial charge >= 0.3 is 0 Å². The Morgan fingerprint density at radius 2 is 0.615 bits per heavy atom. The summed E-state index contributed by atoms with van der Waals surface area (Å²) in [4.78, 5) is 10.3. The molecule has 3 heteroatoms. The van der Waals surface area contributed by atoms with Crippen LogP contribution in [0.25, 0.3) is 0 Å². The molecule has 1 N–H and O–H groups in total. The highest BCUT2D eigenvalue weighted by molar-refractivity contribution is 7.57. The van der Waals surface area contributed by atoms with E-state index in [9.17, 15) is 9.46 Å². The third-order valence-corrected chi connectivity index (χ3v) is 10.1. The number of hydrogen-bond acceptors (Lipinski definition) is 1. The zero-order chi connectivity index (χ0) is 28.5. The Kier molecular flexibility index (Phi) is 31.9. The highest BCUT2D eigenvalue weighted by Crippen LogP contribution is 2.42. The number of allylic oxidation sites excluding steroid dienone is 4. The van der Waals surface area contributed by atoms with Crippen molar-refractivity contribution in [3.05, 3.63) is 24.3 Å². The lowest BCUT2D eigenvalue weighted by Gasteiger charge is -2.11. The van der Waals surface area contributed by atoms with E-state index in [4.69, 9.17) is 0 Å². The van der Waals surface area contributed by atoms with Gasteiger partial charge in [0.25, 0.3) is 0 Å². The molecule has 0 aliphatic heterocycles. The summed E-state index contributed by atoms with van der Waals surface area (Å²) in [7, 11) is -2.89. The van der Waals surface area contributed by atoms with Crippen molar-refractivity contribution in [1.29, 1.82) is 0 Å². The third-order valence-electron chi connectivity index (χ3n) is 8.04. The lowest BCUT2D eigenvalue weighted by atomic mass is 10.1. The van der Waals surface area contributed by atoms with Crippen LogP contribution in [-0.4, -0.2) is 17.2 Å². The maximum atomic E-state index is 12.4. The average molecular weight is 567 g/mol. The molecule has 0 fully saturated rings. The van der Waals surface area contributed by atoms with Crippen LogP contribution in [0.4, 0.5) is 0 Å². The summed E-state index contributed by atoms with van der Waals surface area (Å²) >= 11 is 0. The molecule has 0 bridgehead atoms. The molecule has 0 radical (unpaired) electrons. The Bertz CT molecular complexity index is 522. The molecular formula is C36H71O2P. The molecule has 0 saturated carbocycles. The second kappa shape index (κ2) is 32.2. The number of hydrogen-bond donors (Lipinski definition) is 1. The monoisotopic (exact) mass is 567 g/mol. The van der Waals surface area contributed by atoms with Gasteiger partial charge in [0.05, 0.1) is 0 Å². The quantitative estimate of drug-likeness (QED) is 0.0499. The molecule has 2 nitrogen and oxygen atoms in total. The van der Waals surface area contributed by atoms with Crippen LogP contribution < -0.4 is 0 Å². The summed E-state index contributed by atoms with van der Waals surface area (Å²) in [5.41, 5.74) is 0. The lowest BCUT2D eigenvalue weighted by molar-refractivity contribution is 0.469. The first-order valence-corrected chi connectivity index (χ1v) is 19.8. The van der Waals surface area contributed by atoms with Gasteiger partial charge in [-0.05, 0) is 64.2 Å². The van der Waals surface area contributed by atoms with E-state index in [1.807, 2.05) is 0 Å². The summed E-state index contributed by atoms with van der Waals surface area (Å²) in [5, 5.41) is 0. The average Bonchev–Trinajstić information content (AvgIpc) is 2.92. The van der Waals surface area contributed by atoms with E-state index in [0.29, 0.717) is 12.3 Å². The minimum atomic E-state index is -2.89. The SMILES string of the molecule is CCCCCCCC/C=C\CCCCCCCCP(=O)(O)CCCCCCCC/C=C\CCCCCCCC. The molecule has 0 aromatic carbocycles. The molecule has 39 heavy (non-hydrogen) atoms. The Morgan fingerprint density at radius 1 is 0.385 bits per heavy atom. The van der Waals surface area contributed by atoms with Gasteiger partial charge in [-0.15, -0.1) is 0 Å². The molecule has 232 valence electrons. The standard InChI is InChI=1S/C36H71O2P/c1-3-5-7-9-11-13-15-17-19-21-23-25-27-29-31-33-35-39(37,38)36-34-32-30-28-26-24-22-20-18-16-14-12-10-8-6-4-2/h17-20H,3-16,21-36H2,1-2H3,(H,37,38)/b19-17-,20-18-. The molecule has 0 aliphatic rings. The van der Waals surface area contributed by atoms with Gasteiger partial charge in [0, 0.05) is 12.3 Å². The van der Waals surface area contributed by atoms with E-state index in [1.165, 1.54) is 154 Å². The van der Waals surface area contributed by atoms with Gasteiger partial charge in [-0.1, -0.05) is 154 Å². The second-order valence-electron chi connectivity index (χ2n) is 12.2. The molecule has 0 atom stereocenters. The fourth-order valence-corrected chi connectivity index (χ4v) is 6.98. The zero-order valence-corrected chi connectivity index (χ0v) is 27.7. The van der Waals surface area contributed by atoms with Crippen LogP contribution in [0.3, 0.4) is 0 Å². The smallest absolute Gasteiger partial charge is 0.200 e. The summed E-state index contributed by atoms with van der Waals surface area (Å²) in [6.45, 7) is 4.55. The van der Waals surface area contributed by atoms with E-state index in [0.717, 1.165) is 25.7 Å². The van der Waals surface area contributed by atoms with E-state index in [-0.39, 0.29) is 0 Å². The minimum absolute atomic E-state index is 0.541. The highest BCUT2D eigenvalue weighted by atomic mass is 31.2. The van der Waals surface area contributed by atoms with Crippen molar-refractivity contribution in [3.63, 3.8) is 0 Å². The molecule has 0 heterocycles. The van der Waals surface area contributed by atoms with Crippen LogP contribution in [0, 0.1) is 0 Å². The van der Waals surface area contributed by atoms with E-state index < -0.39 is 7.37 Å². The molecule has 0 spiro atoms. The minimum Gasteiger partial charge on any atom is -0.344 e. The predicted molar refractivity (Wildman–Crippen MR) is 178 cm³/mol. The topological polar surface area (TPSA) is 37.3 Å². The number of rotatable bonds is 32. The van der Waals surface area contributed by atoms with Gasteiger partial charge in [-0.25, -0.2) is 0 Å². The Labute approximate surface area is 246 Å². The second-order valence-corrected chi connectivity index (χ2v) is 14.8. The van der Waals surface area contributed by atoms with Crippen molar-refractivity contribution in [2.75, 3.05) is 12.3 Å². The maximum Gasteiger partial charge on any atom is 0.200 e. The molecular weight excluding hydrogens is 495 g/mol. The van der Waals surface area contributed by atoms with Crippen LogP contribution in [0.1, 0.15) is 194 Å². The molecule has 0 amide bonds. The van der Waals surface area contributed by atoms with E-state index in [2.05, 4.69) is 38.2 Å². The summed E-state index contributed by atoms with van der Waals surface area (Å²) in [6, 6.07) is 0. The summed E-state index contributed by atoms with van der Waals surface area (Å²) in [6.07, 6.45) is 46.4. The third kappa shape index (κ3) is 33.8. The molecule has 0 rings (SSSR count). The van der Waals surface area contributed by atoms with Crippen molar-refractivity contribution in [2.45, 2.75) is 194 Å². The van der Waals surface area contributed by atoms with E-state index >= 15 is 0 Å². The first kappa shape index (κ1) is 38.7. The fraction of sp³-hybridized carbons (Fsp3) is 0.889. The van der Waals surface area contributed by atoms with E-state index in [1.54, 1.807) is 0 Å². The van der Waals surface area contributed by atoms with Crippen molar-refractivity contribution in [3.8, 4) is 0 Å². The van der Waals surface area contributed by atoms with Gasteiger partial charge in [-0.2, -0.15) is 0 Å². The Hall–Kier alpha value is -0.330. The normalized spacial score (nSPS) is 12.4. The molecule has 0 unspecified atom stereocenters. The van der Waals surface area contributed by atoms with Gasteiger partial charge in [-0.3, -0.25) is 4.57 Å². The molecule has 0 aromatic heterocycles. The highest BCUT2D eigenvalue weighted by Gasteiger charge is 2.16. The van der Waals surface area contributed by atoms with Crippen LogP contribution in [0.15, 0.2) is 24.3 Å². The molecule has 0 saturated heterocycles. The van der Waals surface area contributed by atoms with Crippen molar-refractivity contribution >= 4 is 7.37 Å². The Balaban J connectivity index is 3.36. The van der Waals surface area contributed by atoms with Gasteiger partial charge < -0.3 is 4.89 Å². The molecule has 0 aliphatic carbocycles. The maximum absolute atomic E-state index is 12.4. The fourth-order valence-electron chi connectivity index (χ4n) is 5.32. The number of unbranched alkanes of at least 4 members (excludes halogenated alkanes) is 24. The first-order valence-electron chi connectivity index (χ1n) is 17.7. The predicted octanol–water partition coefficient (Wildman–Crippen LogP) is 13.3. The van der Waals surface area contributed by atoms with Gasteiger partial charge in [0.2, 0.25) is 7.37 Å². The zero-order valence-electron chi connectivity index (χ0n) is 26.8. The van der Waals surface area contributed by atoms with Crippen LogP contribution in [-0.2, 0) is 4.57 Å². The van der Waals surface area contributed by atoms with Crippen molar-refractivity contribution in [1.82, 2.24) is 0 Å². The largest absolute Gasteiger partial charge is 0.344 e. The first-order chi connectivity index (χ1) is 19.1. The van der Waals surface area contributed by atoms with Gasteiger partial charge in [0.15, 0.2) is 0 Å². The molecule has 0 aromatic rings. The Morgan fingerprint density at radius 3 is 0.897 bits per heavy atom.